The molecule has 0 heterocycles. The number of nitrogens with one attached hydrogen (secondary N) is 1. The molecule has 1 aromatic carbocycles. The maximum atomic E-state index is 12.4. The van der Waals surface area contributed by atoms with Crippen LogP contribution in [0.5, 0.6) is 0 Å². The number of anilines is 2. The molecule has 0 bridgehead atoms. The number of amides is 2. The number of carbonyl (C=O) groups is 1. The Labute approximate surface area is 129 Å². The topological polar surface area (TPSA) is 35.6 Å². The molecule has 1 N–H and O–H groups in total. The van der Waals surface area contributed by atoms with Crippen LogP contribution in [-0.2, 0) is 0 Å². The Morgan fingerprint density at radius 3 is 1.86 bits per heavy atom. The molecular weight excluding hydrogens is 262 g/mol. The molecule has 0 fully saturated rings. The fourth-order valence-corrected chi connectivity index (χ4v) is 2.17. The lowest BCUT2D eigenvalue weighted by Crippen LogP contribution is -2.39. The summed E-state index contributed by atoms with van der Waals surface area (Å²) in [6.45, 7) is 10.1. The average molecular weight is 291 g/mol. The van der Waals surface area contributed by atoms with Crippen LogP contribution in [0.25, 0.3) is 0 Å². The quantitative estimate of drug-likeness (QED) is 0.863. The van der Waals surface area contributed by atoms with E-state index in [0.717, 1.165) is 24.5 Å². The zero-order valence-corrected chi connectivity index (χ0v) is 14.2. The van der Waals surface area contributed by atoms with Gasteiger partial charge in [0.05, 0.1) is 0 Å². The number of hydrogen-bond acceptors (Lipinski definition) is 2. The number of benzene rings is 1. The van der Waals surface area contributed by atoms with Crippen molar-refractivity contribution < 1.29 is 4.79 Å². The van der Waals surface area contributed by atoms with Crippen LogP contribution in [-0.4, -0.2) is 38.1 Å². The van der Waals surface area contributed by atoms with Gasteiger partial charge in [-0.25, -0.2) is 4.79 Å². The van der Waals surface area contributed by atoms with Crippen LogP contribution >= 0.6 is 0 Å². The minimum absolute atomic E-state index is 0.0185. The average Bonchev–Trinajstić information content (AvgIpc) is 2.37. The highest BCUT2D eigenvalue weighted by Crippen LogP contribution is 2.16. The minimum Gasteiger partial charge on any atom is -0.378 e. The third kappa shape index (κ3) is 6.06. The first-order chi connectivity index (χ1) is 9.79. The van der Waals surface area contributed by atoms with E-state index in [1.165, 1.54) is 0 Å². The summed E-state index contributed by atoms with van der Waals surface area (Å²) in [4.78, 5) is 16.3. The lowest BCUT2D eigenvalue weighted by Gasteiger charge is -2.26. The normalized spacial score (nSPS) is 10.9. The van der Waals surface area contributed by atoms with Crippen LogP contribution in [0.1, 0.15) is 27.7 Å². The molecule has 4 nitrogen and oxygen atoms in total. The Morgan fingerprint density at radius 1 is 1.00 bits per heavy atom. The summed E-state index contributed by atoms with van der Waals surface area (Å²) >= 11 is 0. The number of nitrogens with zero attached hydrogens (tertiary/aromatic N) is 2. The summed E-state index contributed by atoms with van der Waals surface area (Å²) in [6.07, 6.45) is 0. The minimum atomic E-state index is -0.0185. The van der Waals surface area contributed by atoms with E-state index in [-0.39, 0.29) is 6.03 Å². The molecule has 2 amide bonds. The van der Waals surface area contributed by atoms with Crippen molar-refractivity contribution in [1.82, 2.24) is 4.90 Å². The Balaban J connectivity index is 2.71. The molecule has 0 unspecified atom stereocenters. The van der Waals surface area contributed by atoms with Crippen molar-refractivity contribution in [3.05, 3.63) is 24.3 Å². The van der Waals surface area contributed by atoms with Gasteiger partial charge in [-0.1, -0.05) is 27.7 Å². The first kappa shape index (κ1) is 17.3. The summed E-state index contributed by atoms with van der Waals surface area (Å²) < 4.78 is 0. The molecule has 1 rings (SSSR count). The molecule has 0 aromatic heterocycles. The smallest absolute Gasteiger partial charge is 0.321 e. The summed E-state index contributed by atoms with van der Waals surface area (Å²) in [6, 6.07) is 7.87. The molecule has 0 spiro atoms. The highest BCUT2D eigenvalue weighted by Gasteiger charge is 2.16. The third-order valence-electron chi connectivity index (χ3n) is 3.09. The first-order valence-corrected chi connectivity index (χ1v) is 7.63. The van der Waals surface area contributed by atoms with Crippen LogP contribution in [0.4, 0.5) is 16.2 Å². The maximum Gasteiger partial charge on any atom is 0.321 e. The lowest BCUT2D eigenvalue weighted by molar-refractivity contribution is 0.196. The van der Waals surface area contributed by atoms with Gasteiger partial charge >= 0.3 is 6.03 Å². The van der Waals surface area contributed by atoms with E-state index < -0.39 is 0 Å². The van der Waals surface area contributed by atoms with Crippen LogP contribution in [0, 0.1) is 11.8 Å². The number of rotatable bonds is 6. The van der Waals surface area contributed by atoms with Crippen LogP contribution in [0.2, 0.25) is 0 Å². The SMILES string of the molecule is CC(C)CN(CC(C)C)C(=O)Nc1ccc(N(C)C)cc1. The van der Waals surface area contributed by atoms with E-state index >= 15 is 0 Å². The molecule has 118 valence electrons. The van der Waals surface area contributed by atoms with Crippen molar-refractivity contribution in [2.75, 3.05) is 37.4 Å². The second-order valence-corrected chi connectivity index (χ2v) is 6.56. The summed E-state index contributed by atoms with van der Waals surface area (Å²) in [5, 5.41) is 2.99. The largest absolute Gasteiger partial charge is 0.378 e. The van der Waals surface area contributed by atoms with E-state index in [9.17, 15) is 4.79 Å². The van der Waals surface area contributed by atoms with E-state index in [4.69, 9.17) is 0 Å². The Kier molecular flexibility index (Phi) is 6.53. The monoisotopic (exact) mass is 291 g/mol. The van der Waals surface area contributed by atoms with Gasteiger partial charge in [-0.3, -0.25) is 0 Å². The second-order valence-electron chi connectivity index (χ2n) is 6.56. The number of hydrogen-bond donors (Lipinski definition) is 1. The van der Waals surface area contributed by atoms with Gasteiger partial charge < -0.3 is 15.1 Å². The molecule has 0 saturated heterocycles. The van der Waals surface area contributed by atoms with E-state index in [2.05, 4.69) is 33.0 Å². The van der Waals surface area contributed by atoms with E-state index in [1.807, 2.05) is 48.2 Å². The zero-order chi connectivity index (χ0) is 16.0. The van der Waals surface area contributed by atoms with Gasteiger partial charge in [-0.2, -0.15) is 0 Å². The number of urea groups is 1. The van der Waals surface area contributed by atoms with Gasteiger partial charge in [0.15, 0.2) is 0 Å². The van der Waals surface area contributed by atoms with Gasteiger partial charge in [0, 0.05) is 38.6 Å². The molecule has 4 heteroatoms. The fraction of sp³-hybridized carbons (Fsp3) is 0.588. The van der Waals surface area contributed by atoms with Crippen molar-refractivity contribution in [3.8, 4) is 0 Å². The summed E-state index contributed by atoms with van der Waals surface area (Å²) in [5.74, 6) is 0.927. The molecular formula is C17H29N3O. The highest BCUT2D eigenvalue weighted by molar-refractivity contribution is 5.89. The van der Waals surface area contributed by atoms with Gasteiger partial charge in [0.25, 0.3) is 0 Å². The summed E-state index contributed by atoms with van der Waals surface area (Å²) in [5.41, 5.74) is 1.96. The van der Waals surface area contributed by atoms with Gasteiger partial charge in [-0.15, -0.1) is 0 Å². The molecule has 21 heavy (non-hydrogen) atoms. The molecule has 0 aliphatic rings. The summed E-state index contributed by atoms with van der Waals surface area (Å²) in [7, 11) is 4.00. The molecule has 0 atom stereocenters. The molecule has 0 saturated carbocycles. The van der Waals surface area contributed by atoms with Crippen molar-refractivity contribution in [2.24, 2.45) is 11.8 Å². The van der Waals surface area contributed by atoms with Crippen LogP contribution in [0.15, 0.2) is 24.3 Å². The van der Waals surface area contributed by atoms with Crippen LogP contribution < -0.4 is 10.2 Å². The fourth-order valence-electron chi connectivity index (χ4n) is 2.17. The standard InChI is InChI=1S/C17H29N3O/c1-13(2)11-20(12-14(3)4)17(21)18-15-7-9-16(10-8-15)19(5)6/h7-10,13-14H,11-12H2,1-6H3,(H,18,21). The van der Waals surface area contributed by atoms with Crippen molar-refractivity contribution in [3.63, 3.8) is 0 Å². The zero-order valence-electron chi connectivity index (χ0n) is 14.2. The van der Waals surface area contributed by atoms with Gasteiger partial charge in [-0.05, 0) is 36.1 Å². The maximum absolute atomic E-state index is 12.4. The second kappa shape index (κ2) is 7.91. The molecule has 0 aliphatic carbocycles. The van der Waals surface area contributed by atoms with Crippen molar-refractivity contribution in [1.29, 1.82) is 0 Å². The van der Waals surface area contributed by atoms with Crippen LogP contribution in [0.3, 0.4) is 0 Å². The van der Waals surface area contributed by atoms with Crippen molar-refractivity contribution >= 4 is 17.4 Å². The first-order valence-electron chi connectivity index (χ1n) is 7.63. The molecule has 0 aliphatic heterocycles. The lowest BCUT2D eigenvalue weighted by atomic mass is 10.1. The number of carbonyl (C=O) groups excluding carboxylic acids is 1. The van der Waals surface area contributed by atoms with E-state index in [0.29, 0.717) is 11.8 Å². The predicted octanol–water partition coefficient (Wildman–Crippen LogP) is 3.90. The third-order valence-corrected chi connectivity index (χ3v) is 3.09. The van der Waals surface area contributed by atoms with Gasteiger partial charge in [0.2, 0.25) is 0 Å². The van der Waals surface area contributed by atoms with E-state index in [1.54, 1.807) is 0 Å². The Bertz CT molecular complexity index is 428. The van der Waals surface area contributed by atoms with Crippen molar-refractivity contribution in [2.45, 2.75) is 27.7 Å². The Morgan fingerprint density at radius 2 is 1.48 bits per heavy atom. The molecule has 1 aromatic rings. The van der Waals surface area contributed by atoms with Gasteiger partial charge in [0.1, 0.15) is 0 Å². The highest BCUT2D eigenvalue weighted by atomic mass is 16.2. The molecule has 0 radical (unpaired) electrons. The Hall–Kier alpha value is -1.71. The predicted molar refractivity (Wildman–Crippen MR) is 91.0 cm³/mol.